The molecule has 5 nitrogen and oxygen atoms in total. The van der Waals surface area contributed by atoms with Gasteiger partial charge < -0.3 is 11.1 Å². The Labute approximate surface area is 100 Å². The SMILES string of the molecule is Cc1cccc(NC2CCCC2N)c1[N+](=O)[O-]. The lowest BCUT2D eigenvalue weighted by Gasteiger charge is -2.18. The minimum atomic E-state index is -0.335. The third-order valence-electron chi connectivity index (χ3n) is 3.33. The maximum atomic E-state index is 11.0. The first-order valence-corrected chi connectivity index (χ1v) is 5.85. The minimum Gasteiger partial charge on any atom is -0.375 e. The summed E-state index contributed by atoms with van der Waals surface area (Å²) in [6.45, 7) is 1.75. The molecule has 0 amide bonds. The van der Waals surface area contributed by atoms with Gasteiger partial charge in [-0.15, -0.1) is 0 Å². The van der Waals surface area contributed by atoms with Crippen LogP contribution in [0.5, 0.6) is 0 Å². The van der Waals surface area contributed by atoms with Crippen LogP contribution in [0.25, 0.3) is 0 Å². The Morgan fingerprint density at radius 3 is 2.82 bits per heavy atom. The molecular formula is C12H17N3O2. The predicted octanol–water partition coefficient (Wildman–Crippen LogP) is 2.19. The zero-order valence-corrected chi connectivity index (χ0v) is 9.85. The summed E-state index contributed by atoms with van der Waals surface area (Å²) in [5, 5.41) is 14.2. The van der Waals surface area contributed by atoms with Crippen LogP contribution in [0.3, 0.4) is 0 Å². The van der Waals surface area contributed by atoms with Gasteiger partial charge in [-0.3, -0.25) is 10.1 Å². The highest BCUT2D eigenvalue weighted by atomic mass is 16.6. The zero-order chi connectivity index (χ0) is 12.4. The Kier molecular flexibility index (Phi) is 3.28. The van der Waals surface area contributed by atoms with Gasteiger partial charge in [0.1, 0.15) is 5.69 Å². The first-order chi connectivity index (χ1) is 8.09. The maximum absolute atomic E-state index is 11.0. The molecule has 1 saturated carbocycles. The van der Waals surface area contributed by atoms with Crippen LogP contribution >= 0.6 is 0 Å². The normalized spacial score (nSPS) is 23.6. The van der Waals surface area contributed by atoms with E-state index >= 15 is 0 Å². The van der Waals surface area contributed by atoms with Crippen LogP contribution in [-0.2, 0) is 0 Å². The Hall–Kier alpha value is -1.62. The number of para-hydroxylation sites is 1. The monoisotopic (exact) mass is 235 g/mol. The van der Waals surface area contributed by atoms with Crippen molar-refractivity contribution in [3.05, 3.63) is 33.9 Å². The Bertz CT molecular complexity index is 434. The molecule has 0 bridgehead atoms. The molecule has 0 saturated heterocycles. The van der Waals surface area contributed by atoms with Crippen molar-refractivity contribution in [3.63, 3.8) is 0 Å². The molecular weight excluding hydrogens is 218 g/mol. The van der Waals surface area contributed by atoms with E-state index in [2.05, 4.69) is 5.32 Å². The van der Waals surface area contributed by atoms with Gasteiger partial charge in [-0.25, -0.2) is 0 Å². The topological polar surface area (TPSA) is 81.2 Å². The first-order valence-electron chi connectivity index (χ1n) is 5.85. The van der Waals surface area contributed by atoms with Crippen LogP contribution in [-0.4, -0.2) is 17.0 Å². The lowest BCUT2D eigenvalue weighted by Crippen LogP contribution is -2.35. The molecule has 1 fully saturated rings. The Balaban J connectivity index is 2.26. The van der Waals surface area contributed by atoms with Crippen LogP contribution in [0, 0.1) is 17.0 Å². The van der Waals surface area contributed by atoms with Crippen molar-refractivity contribution < 1.29 is 4.92 Å². The average Bonchev–Trinajstić information content (AvgIpc) is 2.64. The zero-order valence-electron chi connectivity index (χ0n) is 9.85. The first kappa shape index (κ1) is 11.9. The number of nitrogens with zero attached hydrogens (tertiary/aromatic N) is 1. The summed E-state index contributed by atoms with van der Waals surface area (Å²) in [6.07, 6.45) is 3.04. The van der Waals surface area contributed by atoms with Crippen molar-refractivity contribution in [2.45, 2.75) is 38.3 Å². The highest BCUT2D eigenvalue weighted by molar-refractivity contribution is 5.65. The molecule has 2 atom stereocenters. The Morgan fingerprint density at radius 2 is 2.24 bits per heavy atom. The maximum Gasteiger partial charge on any atom is 0.295 e. The molecule has 1 aromatic rings. The lowest BCUT2D eigenvalue weighted by atomic mass is 10.1. The van der Waals surface area contributed by atoms with E-state index in [9.17, 15) is 10.1 Å². The molecule has 2 unspecified atom stereocenters. The number of hydrogen-bond donors (Lipinski definition) is 2. The van der Waals surface area contributed by atoms with Gasteiger partial charge in [0.15, 0.2) is 0 Å². The van der Waals surface area contributed by atoms with Gasteiger partial charge in [0.25, 0.3) is 5.69 Å². The molecule has 17 heavy (non-hydrogen) atoms. The van der Waals surface area contributed by atoms with E-state index in [0.717, 1.165) is 19.3 Å². The van der Waals surface area contributed by atoms with Gasteiger partial charge in [-0.1, -0.05) is 12.1 Å². The fraction of sp³-hybridized carbons (Fsp3) is 0.500. The molecule has 92 valence electrons. The van der Waals surface area contributed by atoms with E-state index in [1.54, 1.807) is 19.1 Å². The van der Waals surface area contributed by atoms with E-state index < -0.39 is 0 Å². The number of benzene rings is 1. The van der Waals surface area contributed by atoms with Crippen LogP contribution in [0.15, 0.2) is 18.2 Å². The summed E-state index contributed by atoms with van der Waals surface area (Å²) in [6, 6.07) is 5.56. The molecule has 0 aliphatic heterocycles. The number of nitrogens with one attached hydrogen (secondary N) is 1. The second-order valence-corrected chi connectivity index (χ2v) is 4.57. The molecule has 5 heteroatoms. The Morgan fingerprint density at radius 1 is 1.47 bits per heavy atom. The van der Waals surface area contributed by atoms with Crippen molar-refractivity contribution in [1.29, 1.82) is 0 Å². The quantitative estimate of drug-likeness (QED) is 0.621. The van der Waals surface area contributed by atoms with Gasteiger partial charge >= 0.3 is 0 Å². The molecule has 0 radical (unpaired) electrons. The summed E-state index contributed by atoms with van der Waals surface area (Å²) in [7, 11) is 0. The molecule has 1 aliphatic rings. The van der Waals surface area contributed by atoms with Crippen LogP contribution in [0.4, 0.5) is 11.4 Å². The van der Waals surface area contributed by atoms with Crippen LogP contribution < -0.4 is 11.1 Å². The van der Waals surface area contributed by atoms with Gasteiger partial charge in [-0.2, -0.15) is 0 Å². The van der Waals surface area contributed by atoms with E-state index in [1.165, 1.54) is 0 Å². The molecule has 1 aliphatic carbocycles. The van der Waals surface area contributed by atoms with Crippen molar-refractivity contribution >= 4 is 11.4 Å². The summed E-state index contributed by atoms with van der Waals surface area (Å²) in [4.78, 5) is 10.7. The van der Waals surface area contributed by atoms with E-state index in [0.29, 0.717) is 11.3 Å². The van der Waals surface area contributed by atoms with Crippen molar-refractivity contribution in [2.24, 2.45) is 5.73 Å². The molecule has 0 spiro atoms. The fourth-order valence-corrected chi connectivity index (χ4v) is 2.39. The van der Waals surface area contributed by atoms with Crippen molar-refractivity contribution in [3.8, 4) is 0 Å². The van der Waals surface area contributed by atoms with Crippen molar-refractivity contribution in [2.75, 3.05) is 5.32 Å². The van der Waals surface area contributed by atoms with Gasteiger partial charge in [0.2, 0.25) is 0 Å². The number of nitrogens with two attached hydrogens (primary N) is 1. The number of hydrogen-bond acceptors (Lipinski definition) is 4. The summed E-state index contributed by atoms with van der Waals surface area (Å²) >= 11 is 0. The minimum absolute atomic E-state index is 0.0927. The number of aryl methyl sites for hydroxylation is 1. The predicted molar refractivity (Wildman–Crippen MR) is 67.1 cm³/mol. The summed E-state index contributed by atoms with van der Waals surface area (Å²) < 4.78 is 0. The van der Waals surface area contributed by atoms with E-state index in [-0.39, 0.29) is 22.7 Å². The summed E-state index contributed by atoms with van der Waals surface area (Å²) in [5.41, 5.74) is 7.37. The van der Waals surface area contributed by atoms with Gasteiger partial charge in [0, 0.05) is 17.6 Å². The second-order valence-electron chi connectivity index (χ2n) is 4.57. The number of rotatable bonds is 3. The van der Waals surface area contributed by atoms with Gasteiger partial charge in [-0.05, 0) is 32.3 Å². The number of anilines is 1. The van der Waals surface area contributed by atoms with E-state index in [4.69, 9.17) is 5.73 Å². The van der Waals surface area contributed by atoms with Crippen LogP contribution in [0.2, 0.25) is 0 Å². The molecule has 1 aromatic carbocycles. The molecule has 3 N–H and O–H groups in total. The standard InChI is InChI=1S/C12H17N3O2/c1-8-4-2-7-11(12(8)15(16)17)14-10-6-3-5-9(10)13/h2,4,7,9-10,14H,3,5-6,13H2,1H3. The average molecular weight is 235 g/mol. The summed E-state index contributed by atoms with van der Waals surface area (Å²) in [5.74, 6) is 0. The molecule has 2 rings (SSSR count). The lowest BCUT2D eigenvalue weighted by molar-refractivity contribution is -0.384. The smallest absolute Gasteiger partial charge is 0.295 e. The van der Waals surface area contributed by atoms with Gasteiger partial charge in [0.05, 0.1) is 4.92 Å². The largest absolute Gasteiger partial charge is 0.375 e. The molecule has 0 aromatic heterocycles. The third kappa shape index (κ3) is 2.39. The number of nitro benzene ring substituents is 1. The number of nitro groups is 1. The van der Waals surface area contributed by atoms with E-state index in [1.807, 2.05) is 6.07 Å². The highest BCUT2D eigenvalue weighted by Crippen LogP contribution is 2.30. The van der Waals surface area contributed by atoms with Crippen molar-refractivity contribution in [1.82, 2.24) is 0 Å². The second kappa shape index (κ2) is 4.71. The molecule has 0 heterocycles. The highest BCUT2D eigenvalue weighted by Gasteiger charge is 2.26. The van der Waals surface area contributed by atoms with Crippen LogP contribution in [0.1, 0.15) is 24.8 Å². The fourth-order valence-electron chi connectivity index (χ4n) is 2.39. The third-order valence-corrected chi connectivity index (χ3v) is 3.33.